The van der Waals surface area contributed by atoms with Crippen molar-refractivity contribution in [1.82, 2.24) is 4.90 Å². The summed E-state index contributed by atoms with van der Waals surface area (Å²) in [5, 5.41) is 9.26. The molecule has 2 rings (SSSR count). The molecule has 3 heteroatoms. The number of carbonyl (C=O) groups is 1. The number of carbonyl (C=O) groups excluding carboxylic acids is 1. The second-order valence-corrected chi connectivity index (χ2v) is 4.20. The molecule has 1 aliphatic heterocycles. The van der Waals surface area contributed by atoms with E-state index in [0.29, 0.717) is 5.56 Å². The molecule has 1 aromatic carbocycles. The van der Waals surface area contributed by atoms with Gasteiger partial charge in [0.25, 0.3) is 5.91 Å². The zero-order chi connectivity index (χ0) is 11.4. The van der Waals surface area contributed by atoms with Crippen LogP contribution < -0.4 is 0 Å². The third-order valence-electron chi connectivity index (χ3n) is 3.12. The minimum absolute atomic E-state index is 0.00135. The first-order valence-corrected chi connectivity index (χ1v) is 5.80. The first kappa shape index (κ1) is 11.1. The average Bonchev–Trinajstić information content (AvgIpc) is 2.39. The molecule has 1 saturated heterocycles. The standard InChI is InChI=1S/C13H17NO2/c15-10-12-8-4-5-9-14(12)13(16)11-6-2-1-3-7-11/h1-3,6-7,12,15H,4-5,8-10H2. The summed E-state index contributed by atoms with van der Waals surface area (Å²) in [6.45, 7) is 0.831. The van der Waals surface area contributed by atoms with Gasteiger partial charge in [0.2, 0.25) is 0 Å². The molecule has 1 aliphatic rings. The van der Waals surface area contributed by atoms with Crippen molar-refractivity contribution in [1.29, 1.82) is 0 Å². The predicted molar refractivity (Wildman–Crippen MR) is 62.2 cm³/mol. The van der Waals surface area contributed by atoms with Crippen LogP contribution in [0.5, 0.6) is 0 Å². The van der Waals surface area contributed by atoms with Gasteiger partial charge < -0.3 is 10.0 Å². The van der Waals surface area contributed by atoms with Crippen molar-refractivity contribution < 1.29 is 9.90 Å². The average molecular weight is 219 g/mol. The second kappa shape index (κ2) is 5.12. The molecule has 0 aliphatic carbocycles. The number of aliphatic hydroxyl groups is 1. The number of aliphatic hydroxyl groups excluding tert-OH is 1. The Balaban J connectivity index is 2.14. The molecule has 0 aromatic heterocycles. The Morgan fingerprint density at radius 2 is 2.06 bits per heavy atom. The summed E-state index contributed by atoms with van der Waals surface area (Å²) >= 11 is 0. The van der Waals surface area contributed by atoms with E-state index < -0.39 is 0 Å². The fraction of sp³-hybridized carbons (Fsp3) is 0.462. The Morgan fingerprint density at radius 3 is 2.75 bits per heavy atom. The third kappa shape index (κ3) is 2.25. The Morgan fingerprint density at radius 1 is 1.31 bits per heavy atom. The van der Waals surface area contributed by atoms with Gasteiger partial charge in [0.1, 0.15) is 0 Å². The fourth-order valence-electron chi connectivity index (χ4n) is 2.20. The molecule has 1 atom stereocenters. The van der Waals surface area contributed by atoms with Gasteiger partial charge in [-0.3, -0.25) is 4.79 Å². The molecule has 1 fully saturated rings. The maximum atomic E-state index is 12.2. The zero-order valence-corrected chi connectivity index (χ0v) is 9.30. The van der Waals surface area contributed by atoms with Crippen molar-refractivity contribution in [3.63, 3.8) is 0 Å². The van der Waals surface area contributed by atoms with Crippen molar-refractivity contribution in [3.05, 3.63) is 35.9 Å². The number of nitrogens with zero attached hydrogens (tertiary/aromatic N) is 1. The van der Waals surface area contributed by atoms with Crippen LogP contribution in [0, 0.1) is 0 Å². The van der Waals surface area contributed by atoms with Gasteiger partial charge in [-0.05, 0) is 31.4 Å². The van der Waals surface area contributed by atoms with Gasteiger partial charge in [0.05, 0.1) is 12.6 Å². The number of likely N-dealkylation sites (tertiary alicyclic amines) is 1. The van der Waals surface area contributed by atoms with Crippen molar-refractivity contribution in [3.8, 4) is 0 Å². The summed E-state index contributed by atoms with van der Waals surface area (Å²) in [5.41, 5.74) is 0.711. The molecule has 86 valence electrons. The lowest BCUT2D eigenvalue weighted by Gasteiger charge is -2.34. The van der Waals surface area contributed by atoms with Crippen LogP contribution in [-0.2, 0) is 0 Å². The van der Waals surface area contributed by atoms with Gasteiger partial charge in [-0.2, -0.15) is 0 Å². The third-order valence-corrected chi connectivity index (χ3v) is 3.12. The molecule has 16 heavy (non-hydrogen) atoms. The number of amides is 1. The highest BCUT2D eigenvalue weighted by Crippen LogP contribution is 2.19. The number of piperidine rings is 1. The molecule has 0 spiro atoms. The first-order valence-electron chi connectivity index (χ1n) is 5.80. The minimum atomic E-state index is 0.00135. The van der Waals surface area contributed by atoms with Crippen molar-refractivity contribution >= 4 is 5.91 Å². The quantitative estimate of drug-likeness (QED) is 0.822. The maximum absolute atomic E-state index is 12.2. The van der Waals surface area contributed by atoms with E-state index in [0.717, 1.165) is 25.8 Å². The van der Waals surface area contributed by atoms with Crippen LogP contribution in [0.3, 0.4) is 0 Å². The largest absolute Gasteiger partial charge is 0.394 e. The smallest absolute Gasteiger partial charge is 0.254 e. The van der Waals surface area contributed by atoms with Crippen molar-refractivity contribution in [2.45, 2.75) is 25.3 Å². The van der Waals surface area contributed by atoms with E-state index in [1.165, 1.54) is 0 Å². The number of benzene rings is 1. The summed E-state index contributed by atoms with van der Waals surface area (Å²) in [4.78, 5) is 14.0. The molecule has 0 bridgehead atoms. The Labute approximate surface area is 95.7 Å². The molecular weight excluding hydrogens is 202 g/mol. The van der Waals surface area contributed by atoms with E-state index in [4.69, 9.17) is 0 Å². The van der Waals surface area contributed by atoms with Crippen molar-refractivity contribution in [2.75, 3.05) is 13.2 Å². The van der Waals surface area contributed by atoms with Gasteiger partial charge in [-0.1, -0.05) is 18.2 Å². The molecule has 1 amide bonds. The number of rotatable bonds is 2. The zero-order valence-electron chi connectivity index (χ0n) is 9.30. The lowest BCUT2D eigenvalue weighted by molar-refractivity contribution is 0.0503. The van der Waals surface area contributed by atoms with Crippen LogP contribution in [0.25, 0.3) is 0 Å². The highest BCUT2D eigenvalue weighted by molar-refractivity contribution is 5.94. The summed E-state index contributed by atoms with van der Waals surface area (Å²) in [5.74, 6) is 0.0411. The lowest BCUT2D eigenvalue weighted by Crippen LogP contribution is -2.45. The van der Waals surface area contributed by atoms with Crippen LogP contribution >= 0.6 is 0 Å². The van der Waals surface area contributed by atoms with Crippen LogP contribution in [-0.4, -0.2) is 35.1 Å². The molecule has 1 N–H and O–H groups in total. The monoisotopic (exact) mass is 219 g/mol. The van der Waals surface area contributed by atoms with E-state index in [2.05, 4.69) is 0 Å². The van der Waals surface area contributed by atoms with E-state index in [-0.39, 0.29) is 18.6 Å². The summed E-state index contributed by atoms with van der Waals surface area (Å²) in [7, 11) is 0. The molecule has 3 nitrogen and oxygen atoms in total. The van der Waals surface area contributed by atoms with Crippen molar-refractivity contribution in [2.24, 2.45) is 0 Å². The second-order valence-electron chi connectivity index (χ2n) is 4.20. The van der Waals surface area contributed by atoms with Gasteiger partial charge in [-0.25, -0.2) is 0 Å². The van der Waals surface area contributed by atoms with E-state index in [1.54, 1.807) is 4.90 Å². The molecule has 1 aromatic rings. The van der Waals surface area contributed by atoms with E-state index in [9.17, 15) is 9.90 Å². The Kier molecular flexibility index (Phi) is 3.57. The van der Waals surface area contributed by atoms with E-state index in [1.807, 2.05) is 30.3 Å². The van der Waals surface area contributed by atoms with Crippen LogP contribution in [0.2, 0.25) is 0 Å². The lowest BCUT2D eigenvalue weighted by atomic mass is 10.0. The van der Waals surface area contributed by atoms with Crippen LogP contribution in [0.4, 0.5) is 0 Å². The highest BCUT2D eigenvalue weighted by atomic mass is 16.3. The van der Waals surface area contributed by atoms with Gasteiger partial charge in [0, 0.05) is 12.1 Å². The predicted octanol–water partition coefficient (Wildman–Crippen LogP) is 1.67. The molecule has 1 unspecified atom stereocenters. The van der Waals surface area contributed by atoms with Gasteiger partial charge >= 0.3 is 0 Å². The number of hydrogen-bond donors (Lipinski definition) is 1. The molecular formula is C13H17NO2. The fourth-order valence-corrected chi connectivity index (χ4v) is 2.20. The van der Waals surface area contributed by atoms with Crippen LogP contribution in [0.15, 0.2) is 30.3 Å². The van der Waals surface area contributed by atoms with E-state index >= 15 is 0 Å². The summed E-state index contributed by atoms with van der Waals surface area (Å²) < 4.78 is 0. The summed E-state index contributed by atoms with van der Waals surface area (Å²) in [6, 6.07) is 9.28. The molecule has 0 saturated carbocycles. The topological polar surface area (TPSA) is 40.5 Å². The van der Waals surface area contributed by atoms with Gasteiger partial charge in [-0.15, -0.1) is 0 Å². The maximum Gasteiger partial charge on any atom is 0.254 e. The first-order chi connectivity index (χ1) is 7.83. The number of hydrogen-bond acceptors (Lipinski definition) is 2. The molecule has 1 heterocycles. The van der Waals surface area contributed by atoms with Crippen LogP contribution in [0.1, 0.15) is 29.6 Å². The normalized spacial score (nSPS) is 20.8. The minimum Gasteiger partial charge on any atom is -0.394 e. The highest BCUT2D eigenvalue weighted by Gasteiger charge is 2.26. The Bertz CT molecular complexity index is 350. The molecule has 0 radical (unpaired) electrons. The van der Waals surface area contributed by atoms with Gasteiger partial charge in [0.15, 0.2) is 0 Å². The SMILES string of the molecule is O=C(c1ccccc1)N1CCCCC1CO. The summed E-state index contributed by atoms with van der Waals surface area (Å²) in [6.07, 6.45) is 3.05. The Hall–Kier alpha value is -1.35.